The smallest absolute Gasteiger partial charge is 0.111 e. The maximum absolute atomic E-state index is 3.26. The van der Waals surface area contributed by atoms with Crippen LogP contribution in [0, 0.1) is 0 Å². The van der Waals surface area contributed by atoms with Gasteiger partial charge in [-0.05, 0) is 19.6 Å². The van der Waals surface area contributed by atoms with Crippen LogP contribution < -0.4 is 16.0 Å². The molecule has 0 aromatic rings. The van der Waals surface area contributed by atoms with Gasteiger partial charge in [-0.1, -0.05) is 20.8 Å². The van der Waals surface area contributed by atoms with E-state index in [2.05, 4.69) is 36.7 Å². The Hall–Kier alpha value is -0.120. The molecule has 3 nitrogen and oxygen atoms in total. The fraction of sp³-hybridized carbons (Fsp3) is 1.00. The predicted molar refractivity (Wildman–Crippen MR) is 44.8 cm³/mol. The highest BCUT2D eigenvalue weighted by Crippen LogP contribution is 1.69. The molecule has 0 aliphatic rings. The normalized spacial score (nSPS) is 10.8. The van der Waals surface area contributed by atoms with E-state index in [0.717, 1.165) is 19.6 Å². The van der Waals surface area contributed by atoms with E-state index >= 15 is 0 Å². The van der Waals surface area contributed by atoms with Crippen molar-refractivity contribution >= 4 is 0 Å². The lowest BCUT2D eigenvalue weighted by Crippen LogP contribution is -2.52. The Kier molecular flexibility index (Phi) is 6.91. The molecule has 0 aliphatic carbocycles. The van der Waals surface area contributed by atoms with E-state index in [1.54, 1.807) is 0 Å². The molecule has 0 rings (SSSR count). The van der Waals surface area contributed by atoms with Crippen molar-refractivity contribution in [1.82, 2.24) is 16.0 Å². The molecular weight excluding hydrogens is 126 g/mol. The second-order valence-corrected chi connectivity index (χ2v) is 2.11. The Morgan fingerprint density at radius 2 is 1.10 bits per heavy atom. The van der Waals surface area contributed by atoms with Gasteiger partial charge in [-0.3, -0.25) is 16.0 Å². The fourth-order valence-electron chi connectivity index (χ4n) is 0.829. The molecule has 0 unspecified atom stereocenters. The van der Waals surface area contributed by atoms with Gasteiger partial charge >= 0.3 is 0 Å². The number of rotatable bonds is 6. The van der Waals surface area contributed by atoms with Crippen LogP contribution in [0.1, 0.15) is 20.8 Å². The van der Waals surface area contributed by atoms with E-state index < -0.39 is 0 Å². The zero-order chi connectivity index (χ0) is 7.82. The Balaban J connectivity index is 3.30. The van der Waals surface area contributed by atoms with E-state index in [9.17, 15) is 0 Å². The molecule has 0 aliphatic heterocycles. The van der Waals surface area contributed by atoms with Crippen LogP contribution in [-0.4, -0.2) is 25.9 Å². The van der Waals surface area contributed by atoms with Gasteiger partial charge < -0.3 is 0 Å². The second-order valence-electron chi connectivity index (χ2n) is 2.11. The first-order valence-electron chi connectivity index (χ1n) is 4.05. The molecule has 0 spiro atoms. The Morgan fingerprint density at radius 3 is 1.30 bits per heavy atom. The maximum atomic E-state index is 3.26. The van der Waals surface area contributed by atoms with Gasteiger partial charge in [0, 0.05) is 0 Å². The van der Waals surface area contributed by atoms with Crippen LogP contribution in [0.5, 0.6) is 0 Å². The van der Waals surface area contributed by atoms with Crippen LogP contribution in [0.4, 0.5) is 0 Å². The van der Waals surface area contributed by atoms with Crippen LogP contribution >= 0.6 is 0 Å². The Bertz CT molecular complexity index is 51.6. The lowest BCUT2D eigenvalue weighted by Gasteiger charge is -2.18. The summed E-state index contributed by atoms with van der Waals surface area (Å²) >= 11 is 0. The summed E-state index contributed by atoms with van der Waals surface area (Å²) in [6, 6.07) is 0. The molecule has 10 heavy (non-hydrogen) atoms. The summed E-state index contributed by atoms with van der Waals surface area (Å²) in [6.45, 7) is 9.27. The largest absolute Gasteiger partial charge is 0.290 e. The summed E-state index contributed by atoms with van der Waals surface area (Å²) in [5.74, 6) is 0. The molecule has 0 aromatic carbocycles. The van der Waals surface area contributed by atoms with Gasteiger partial charge in [0.1, 0.15) is 6.29 Å². The summed E-state index contributed by atoms with van der Waals surface area (Å²) in [5.41, 5.74) is 0. The molecule has 3 heteroatoms. The maximum Gasteiger partial charge on any atom is 0.111 e. The minimum atomic E-state index is 0.278. The zero-order valence-corrected chi connectivity index (χ0v) is 7.20. The first kappa shape index (κ1) is 9.88. The fourth-order valence-corrected chi connectivity index (χ4v) is 0.829. The molecule has 0 saturated heterocycles. The minimum Gasteiger partial charge on any atom is -0.290 e. The van der Waals surface area contributed by atoms with Gasteiger partial charge in [0.2, 0.25) is 0 Å². The lowest BCUT2D eigenvalue weighted by atomic mass is 10.6. The van der Waals surface area contributed by atoms with Crippen LogP contribution in [0.15, 0.2) is 0 Å². The third-order valence-electron chi connectivity index (χ3n) is 1.22. The van der Waals surface area contributed by atoms with Gasteiger partial charge in [-0.15, -0.1) is 0 Å². The Morgan fingerprint density at radius 1 is 0.800 bits per heavy atom. The summed E-state index contributed by atoms with van der Waals surface area (Å²) in [6.07, 6.45) is 0.278. The highest BCUT2D eigenvalue weighted by atomic mass is 15.3. The first-order valence-corrected chi connectivity index (χ1v) is 4.05. The van der Waals surface area contributed by atoms with E-state index in [1.165, 1.54) is 0 Å². The molecule has 0 fully saturated rings. The van der Waals surface area contributed by atoms with Gasteiger partial charge in [-0.2, -0.15) is 0 Å². The standard InChI is InChI=1S/C7H19N3/c1-4-8-7(9-5-2)10-6-3/h7-10H,4-6H2,1-3H3. The van der Waals surface area contributed by atoms with Crippen molar-refractivity contribution in [2.24, 2.45) is 0 Å². The SMILES string of the molecule is CCNC(NCC)NCC. The van der Waals surface area contributed by atoms with Crippen LogP contribution in [0.2, 0.25) is 0 Å². The topological polar surface area (TPSA) is 36.1 Å². The average molecular weight is 145 g/mol. The summed E-state index contributed by atoms with van der Waals surface area (Å²) in [7, 11) is 0. The van der Waals surface area contributed by atoms with E-state index in [1.807, 2.05) is 0 Å². The Labute approximate surface area is 63.6 Å². The summed E-state index contributed by atoms with van der Waals surface area (Å²) in [4.78, 5) is 0. The molecule has 0 aromatic heterocycles. The molecular formula is C7H19N3. The summed E-state index contributed by atoms with van der Waals surface area (Å²) < 4.78 is 0. The minimum absolute atomic E-state index is 0.278. The molecule has 0 amide bonds. The van der Waals surface area contributed by atoms with Crippen molar-refractivity contribution in [2.75, 3.05) is 19.6 Å². The molecule has 0 saturated carbocycles. The van der Waals surface area contributed by atoms with E-state index in [-0.39, 0.29) is 6.29 Å². The first-order chi connectivity index (χ1) is 4.85. The third-order valence-corrected chi connectivity index (χ3v) is 1.22. The van der Waals surface area contributed by atoms with E-state index in [4.69, 9.17) is 0 Å². The third kappa shape index (κ3) is 4.73. The van der Waals surface area contributed by atoms with Gasteiger partial charge in [0.25, 0.3) is 0 Å². The quantitative estimate of drug-likeness (QED) is 0.464. The van der Waals surface area contributed by atoms with Crippen molar-refractivity contribution in [1.29, 1.82) is 0 Å². The summed E-state index contributed by atoms with van der Waals surface area (Å²) in [5, 5.41) is 9.79. The molecule has 3 N–H and O–H groups in total. The van der Waals surface area contributed by atoms with Crippen LogP contribution in [0.3, 0.4) is 0 Å². The van der Waals surface area contributed by atoms with Crippen molar-refractivity contribution in [3.05, 3.63) is 0 Å². The highest BCUT2D eigenvalue weighted by Gasteiger charge is 1.99. The number of hydrogen-bond acceptors (Lipinski definition) is 3. The molecule has 0 atom stereocenters. The van der Waals surface area contributed by atoms with Crippen molar-refractivity contribution < 1.29 is 0 Å². The van der Waals surface area contributed by atoms with Crippen LogP contribution in [0.25, 0.3) is 0 Å². The average Bonchev–Trinajstić information content (AvgIpc) is 1.90. The molecule has 0 radical (unpaired) electrons. The second kappa shape index (κ2) is 6.99. The monoisotopic (exact) mass is 145 g/mol. The van der Waals surface area contributed by atoms with Crippen molar-refractivity contribution in [2.45, 2.75) is 27.1 Å². The molecule has 0 bridgehead atoms. The van der Waals surface area contributed by atoms with Gasteiger partial charge in [-0.25, -0.2) is 0 Å². The van der Waals surface area contributed by atoms with E-state index in [0.29, 0.717) is 0 Å². The zero-order valence-electron chi connectivity index (χ0n) is 7.20. The van der Waals surface area contributed by atoms with Gasteiger partial charge in [0.15, 0.2) is 0 Å². The lowest BCUT2D eigenvalue weighted by molar-refractivity contribution is 0.376. The molecule has 62 valence electrons. The number of hydrogen-bond donors (Lipinski definition) is 3. The predicted octanol–water partition coefficient (Wildman–Crippen LogP) is 0.0985. The van der Waals surface area contributed by atoms with Crippen molar-refractivity contribution in [3.63, 3.8) is 0 Å². The van der Waals surface area contributed by atoms with Crippen molar-refractivity contribution in [3.8, 4) is 0 Å². The number of nitrogens with one attached hydrogen (secondary N) is 3. The van der Waals surface area contributed by atoms with Gasteiger partial charge in [0.05, 0.1) is 0 Å². The highest BCUT2D eigenvalue weighted by molar-refractivity contribution is 4.57. The molecule has 0 heterocycles. The van der Waals surface area contributed by atoms with Crippen LogP contribution in [-0.2, 0) is 0 Å².